The number of hydrogen-bond donors (Lipinski definition) is 2. The summed E-state index contributed by atoms with van der Waals surface area (Å²) in [5.41, 5.74) is 6.20. The highest BCUT2D eigenvalue weighted by atomic mass is 32.1. The van der Waals surface area contributed by atoms with Gasteiger partial charge in [-0.05, 0) is 24.1 Å². The van der Waals surface area contributed by atoms with Crippen LogP contribution in [-0.4, -0.2) is 29.8 Å². The Morgan fingerprint density at radius 3 is 2.56 bits per heavy atom. The van der Waals surface area contributed by atoms with Crippen LogP contribution in [0.15, 0.2) is 29.2 Å². The molecule has 0 radical (unpaired) electrons. The van der Waals surface area contributed by atoms with E-state index in [1.54, 1.807) is 4.90 Å². The van der Waals surface area contributed by atoms with E-state index in [1.807, 2.05) is 24.3 Å². The molecule has 0 aliphatic carbocycles. The minimum Gasteiger partial charge on any atom is -0.369 e. The molecule has 2 amide bonds. The maximum Gasteiger partial charge on any atom is 0.227 e. The Morgan fingerprint density at radius 2 is 2.00 bits per heavy atom. The molecule has 1 unspecified atom stereocenters. The summed E-state index contributed by atoms with van der Waals surface area (Å²) in [6, 6.07) is 7.51. The minimum absolute atomic E-state index is 0.0469. The number of likely N-dealkylation sites (tertiary alicyclic amines) is 1. The summed E-state index contributed by atoms with van der Waals surface area (Å²) >= 11 is 4.20. The number of thiol groups is 1. The molecule has 0 spiro atoms. The molecule has 0 bridgehead atoms. The van der Waals surface area contributed by atoms with Crippen LogP contribution in [0.4, 0.5) is 0 Å². The van der Waals surface area contributed by atoms with Gasteiger partial charge >= 0.3 is 0 Å². The summed E-state index contributed by atoms with van der Waals surface area (Å²) in [5.74, 6) is -0.454. The van der Waals surface area contributed by atoms with Crippen molar-refractivity contribution in [3.8, 4) is 0 Å². The lowest BCUT2D eigenvalue weighted by Crippen LogP contribution is -2.32. The third kappa shape index (κ3) is 3.04. The number of nitrogens with two attached hydrogens (primary N) is 1. The Hall–Kier alpha value is -1.49. The van der Waals surface area contributed by atoms with Gasteiger partial charge in [0.15, 0.2) is 0 Å². The van der Waals surface area contributed by atoms with Crippen LogP contribution in [0.3, 0.4) is 0 Å². The van der Waals surface area contributed by atoms with Crippen molar-refractivity contribution in [3.05, 3.63) is 29.8 Å². The molecule has 2 rings (SSSR count). The van der Waals surface area contributed by atoms with E-state index in [1.165, 1.54) is 0 Å². The van der Waals surface area contributed by atoms with Gasteiger partial charge in [0.2, 0.25) is 11.8 Å². The number of benzene rings is 1. The molecule has 1 heterocycles. The van der Waals surface area contributed by atoms with E-state index >= 15 is 0 Å². The number of amides is 2. The Balaban J connectivity index is 1.93. The summed E-state index contributed by atoms with van der Waals surface area (Å²) in [5, 5.41) is 0. The number of rotatable bonds is 3. The molecule has 1 fully saturated rings. The summed E-state index contributed by atoms with van der Waals surface area (Å²) in [6.07, 6.45) is 1.04. The highest BCUT2D eigenvalue weighted by Crippen LogP contribution is 2.17. The summed E-state index contributed by atoms with van der Waals surface area (Å²) in [7, 11) is 0. The maximum atomic E-state index is 12.0. The molecule has 1 aromatic rings. The SMILES string of the molecule is NC(=O)C1CCN(C(=O)Cc2ccc(S)cc2)C1. The topological polar surface area (TPSA) is 63.4 Å². The molecule has 5 heteroatoms. The summed E-state index contributed by atoms with van der Waals surface area (Å²) in [6.45, 7) is 1.08. The highest BCUT2D eigenvalue weighted by Gasteiger charge is 2.29. The molecule has 2 N–H and O–H groups in total. The maximum absolute atomic E-state index is 12.0. The Labute approximate surface area is 112 Å². The van der Waals surface area contributed by atoms with E-state index in [4.69, 9.17) is 5.73 Å². The van der Waals surface area contributed by atoms with Crippen molar-refractivity contribution in [2.45, 2.75) is 17.7 Å². The van der Waals surface area contributed by atoms with Gasteiger partial charge in [0.05, 0.1) is 12.3 Å². The van der Waals surface area contributed by atoms with E-state index in [2.05, 4.69) is 12.6 Å². The van der Waals surface area contributed by atoms with Crippen LogP contribution in [0.5, 0.6) is 0 Å². The third-order valence-electron chi connectivity index (χ3n) is 3.24. The van der Waals surface area contributed by atoms with Crippen LogP contribution < -0.4 is 5.73 Å². The van der Waals surface area contributed by atoms with E-state index < -0.39 is 0 Å². The molecule has 18 heavy (non-hydrogen) atoms. The van der Waals surface area contributed by atoms with Crippen LogP contribution in [0, 0.1) is 5.92 Å². The van der Waals surface area contributed by atoms with Gasteiger partial charge in [-0.3, -0.25) is 9.59 Å². The second-order valence-electron chi connectivity index (χ2n) is 4.57. The van der Waals surface area contributed by atoms with E-state index in [9.17, 15) is 9.59 Å². The normalized spacial score (nSPS) is 18.9. The number of nitrogens with zero attached hydrogens (tertiary/aromatic N) is 1. The average molecular weight is 264 g/mol. The van der Waals surface area contributed by atoms with Crippen molar-refractivity contribution >= 4 is 24.4 Å². The zero-order valence-electron chi connectivity index (χ0n) is 10.0. The summed E-state index contributed by atoms with van der Waals surface area (Å²) < 4.78 is 0. The molecule has 1 aliphatic heterocycles. The van der Waals surface area contributed by atoms with Gasteiger partial charge < -0.3 is 10.6 Å². The summed E-state index contributed by atoms with van der Waals surface area (Å²) in [4.78, 5) is 25.7. The van der Waals surface area contributed by atoms with Crippen molar-refractivity contribution < 1.29 is 9.59 Å². The standard InChI is InChI=1S/C13H16N2O2S/c14-13(17)10-5-6-15(8-10)12(16)7-9-1-3-11(18)4-2-9/h1-4,10,18H,5-8H2,(H2,14,17). The quantitative estimate of drug-likeness (QED) is 0.795. The van der Waals surface area contributed by atoms with Gasteiger partial charge in [0.25, 0.3) is 0 Å². The second-order valence-corrected chi connectivity index (χ2v) is 5.09. The Kier molecular flexibility index (Phi) is 3.91. The molecule has 0 saturated carbocycles. The van der Waals surface area contributed by atoms with Crippen molar-refractivity contribution in [2.24, 2.45) is 11.7 Å². The van der Waals surface area contributed by atoms with Crippen molar-refractivity contribution in [1.29, 1.82) is 0 Å². The molecule has 4 nitrogen and oxygen atoms in total. The lowest BCUT2D eigenvalue weighted by molar-refractivity contribution is -0.129. The first kappa shape index (κ1) is 13.0. The van der Waals surface area contributed by atoms with Gasteiger partial charge in [-0.2, -0.15) is 0 Å². The molecular weight excluding hydrogens is 248 g/mol. The third-order valence-corrected chi connectivity index (χ3v) is 3.53. The zero-order valence-corrected chi connectivity index (χ0v) is 10.9. The first-order chi connectivity index (χ1) is 8.56. The second kappa shape index (κ2) is 5.44. The van der Waals surface area contributed by atoms with Crippen molar-refractivity contribution in [2.75, 3.05) is 13.1 Å². The number of primary amides is 1. The monoisotopic (exact) mass is 264 g/mol. The lowest BCUT2D eigenvalue weighted by Gasteiger charge is -2.15. The molecule has 1 atom stereocenters. The Morgan fingerprint density at radius 1 is 1.33 bits per heavy atom. The molecule has 0 aromatic heterocycles. The first-order valence-electron chi connectivity index (χ1n) is 5.91. The molecule has 1 aliphatic rings. The van der Waals surface area contributed by atoms with Crippen molar-refractivity contribution in [1.82, 2.24) is 4.90 Å². The van der Waals surface area contributed by atoms with Gasteiger partial charge in [-0.25, -0.2) is 0 Å². The van der Waals surface area contributed by atoms with Crippen LogP contribution in [0.25, 0.3) is 0 Å². The molecule has 96 valence electrons. The van der Waals surface area contributed by atoms with Crippen LogP contribution >= 0.6 is 12.6 Å². The molecule has 1 aromatic carbocycles. The lowest BCUT2D eigenvalue weighted by atomic mass is 10.1. The van der Waals surface area contributed by atoms with Crippen LogP contribution in [0.2, 0.25) is 0 Å². The smallest absolute Gasteiger partial charge is 0.227 e. The predicted octanol–water partition coefficient (Wildman–Crippen LogP) is 0.852. The number of carbonyl (C=O) groups excluding carboxylic acids is 2. The van der Waals surface area contributed by atoms with Gasteiger partial charge in [0.1, 0.15) is 0 Å². The fourth-order valence-electron chi connectivity index (χ4n) is 2.12. The number of carbonyl (C=O) groups is 2. The molecule has 1 saturated heterocycles. The minimum atomic E-state index is -0.315. The average Bonchev–Trinajstić information content (AvgIpc) is 2.81. The number of hydrogen-bond acceptors (Lipinski definition) is 3. The fraction of sp³-hybridized carbons (Fsp3) is 0.385. The van der Waals surface area contributed by atoms with Gasteiger partial charge in [-0.1, -0.05) is 12.1 Å². The van der Waals surface area contributed by atoms with E-state index in [-0.39, 0.29) is 17.7 Å². The van der Waals surface area contributed by atoms with Crippen LogP contribution in [-0.2, 0) is 16.0 Å². The van der Waals surface area contributed by atoms with Crippen LogP contribution in [0.1, 0.15) is 12.0 Å². The van der Waals surface area contributed by atoms with Gasteiger partial charge in [-0.15, -0.1) is 12.6 Å². The zero-order chi connectivity index (χ0) is 13.1. The van der Waals surface area contributed by atoms with Crippen molar-refractivity contribution in [3.63, 3.8) is 0 Å². The Bertz CT molecular complexity index is 459. The van der Waals surface area contributed by atoms with E-state index in [0.29, 0.717) is 25.9 Å². The van der Waals surface area contributed by atoms with Gasteiger partial charge in [0, 0.05) is 18.0 Å². The predicted molar refractivity (Wildman–Crippen MR) is 71.3 cm³/mol. The van der Waals surface area contributed by atoms with E-state index in [0.717, 1.165) is 10.5 Å². The highest BCUT2D eigenvalue weighted by molar-refractivity contribution is 7.80. The fourth-order valence-corrected chi connectivity index (χ4v) is 2.27. The largest absolute Gasteiger partial charge is 0.369 e. The first-order valence-corrected chi connectivity index (χ1v) is 6.36. The molecular formula is C13H16N2O2S.